The second kappa shape index (κ2) is 6.71. The SMILES string of the molecule is CN(C)CCCn1ccc2ccc(C3=CCSCC3)cc21. The number of benzene rings is 1. The Bertz CT molecular complexity index is 640. The maximum atomic E-state index is 2.40. The van der Waals surface area contributed by atoms with E-state index in [1.54, 1.807) is 0 Å². The van der Waals surface area contributed by atoms with Crippen LogP contribution in [0.2, 0.25) is 0 Å². The number of thioether (sulfide) groups is 1. The summed E-state index contributed by atoms with van der Waals surface area (Å²) in [7, 11) is 4.28. The molecule has 2 heterocycles. The van der Waals surface area contributed by atoms with E-state index in [2.05, 4.69) is 60.1 Å². The molecule has 0 amide bonds. The van der Waals surface area contributed by atoms with Crippen LogP contribution in [-0.4, -0.2) is 41.6 Å². The highest BCUT2D eigenvalue weighted by Crippen LogP contribution is 2.28. The Morgan fingerprint density at radius 2 is 2.14 bits per heavy atom. The lowest BCUT2D eigenvalue weighted by Gasteiger charge is -2.14. The van der Waals surface area contributed by atoms with Crippen LogP contribution in [0.1, 0.15) is 18.4 Å². The van der Waals surface area contributed by atoms with Gasteiger partial charge in [-0.1, -0.05) is 18.2 Å². The lowest BCUT2D eigenvalue weighted by atomic mass is 10.0. The summed E-state index contributed by atoms with van der Waals surface area (Å²) in [6, 6.07) is 9.18. The molecule has 0 saturated heterocycles. The Hall–Kier alpha value is -1.19. The lowest BCUT2D eigenvalue weighted by molar-refractivity contribution is 0.388. The summed E-state index contributed by atoms with van der Waals surface area (Å²) < 4.78 is 2.40. The van der Waals surface area contributed by atoms with E-state index in [1.165, 1.54) is 40.6 Å². The van der Waals surface area contributed by atoms with Crippen LogP contribution >= 0.6 is 11.8 Å². The number of rotatable bonds is 5. The predicted molar refractivity (Wildman–Crippen MR) is 95.0 cm³/mol. The van der Waals surface area contributed by atoms with Gasteiger partial charge in [0.1, 0.15) is 0 Å². The first-order valence-electron chi connectivity index (χ1n) is 7.75. The monoisotopic (exact) mass is 300 g/mol. The van der Waals surface area contributed by atoms with Gasteiger partial charge in [-0.2, -0.15) is 11.8 Å². The van der Waals surface area contributed by atoms with Gasteiger partial charge in [0, 0.05) is 24.0 Å². The van der Waals surface area contributed by atoms with Gasteiger partial charge in [-0.3, -0.25) is 0 Å². The molecule has 1 aliphatic heterocycles. The van der Waals surface area contributed by atoms with Gasteiger partial charge >= 0.3 is 0 Å². The molecule has 112 valence electrons. The lowest BCUT2D eigenvalue weighted by Crippen LogP contribution is -2.14. The Morgan fingerprint density at radius 3 is 2.90 bits per heavy atom. The summed E-state index contributed by atoms with van der Waals surface area (Å²) in [6.45, 7) is 2.24. The summed E-state index contributed by atoms with van der Waals surface area (Å²) in [5, 5.41) is 1.36. The number of aromatic nitrogens is 1. The Morgan fingerprint density at radius 1 is 1.24 bits per heavy atom. The van der Waals surface area contributed by atoms with Crippen molar-refractivity contribution in [3.8, 4) is 0 Å². The van der Waals surface area contributed by atoms with E-state index in [0.29, 0.717) is 0 Å². The van der Waals surface area contributed by atoms with E-state index in [0.717, 1.165) is 18.8 Å². The molecule has 0 bridgehead atoms. The molecule has 21 heavy (non-hydrogen) atoms. The summed E-state index contributed by atoms with van der Waals surface area (Å²) >= 11 is 2.03. The first kappa shape index (κ1) is 14.7. The van der Waals surface area contributed by atoms with E-state index in [1.807, 2.05) is 11.8 Å². The molecule has 0 atom stereocenters. The molecular formula is C18H24N2S. The Balaban J connectivity index is 1.83. The van der Waals surface area contributed by atoms with E-state index in [-0.39, 0.29) is 0 Å². The van der Waals surface area contributed by atoms with Gasteiger partial charge in [-0.15, -0.1) is 0 Å². The second-order valence-corrected chi connectivity index (χ2v) is 7.14. The van der Waals surface area contributed by atoms with Crippen LogP contribution in [0.5, 0.6) is 0 Å². The van der Waals surface area contributed by atoms with Crippen LogP contribution in [0.15, 0.2) is 36.5 Å². The molecule has 0 fully saturated rings. The highest BCUT2D eigenvalue weighted by Gasteiger charge is 2.09. The maximum absolute atomic E-state index is 2.40. The third kappa shape index (κ3) is 3.53. The first-order chi connectivity index (χ1) is 10.2. The van der Waals surface area contributed by atoms with Crippen LogP contribution in [0.25, 0.3) is 16.5 Å². The molecule has 0 saturated carbocycles. The molecule has 0 unspecified atom stereocenters. The summed E-state index contributed by atoms with van der Waals surface area (Å²) in [4.78, 5) is 2.25. The normalized spacial score (nSPS) is 15.7. The molecule has 3 heteroatoms. The number of allylic oxidation sites excluding steroid dienone is 1. The van der Waals surface area contributed by atoms with E-state index in [9.17, 15) is 0 Å². The molecule has 2 aromatic rings. The van der Waals surface area contributed by atoms with Gasteiger partial charge in [0.25, 0.3) is 0 Å². The number of aryl methyl sites for hydroxylation is 1. The number of fused-ring (bicyclic) bond motifs is 1. The van der Waals surface area contributed by atoms with Crippen molar-refractivity contribution < 1.29 is 0 Å². The van der Waals surface area contributed by atoms with Crippen LogP contribution in [-0.2, 0) is 6.54 Å². The number of hydrogen-bond donors (Lipinski definition) is 0. The van der Waals surface area contributed by atoms with Crippen molar-refractivity contribution in [1.82, 2.24) is 9.47 Å². The molecule has 1 aromatic heterocycles. The zero-order valence-corrected chi connectivity index (χ0v) is 13.8. The van der Waals surface area contributed by atoms with Crippen molar-refractivity contribution in [2.24, 2.45) is 0 Å². The zero-order chi connectivity index (χ0) is 14.7. The van der Waals surface area contributed by atoms with E-state index in [4.69, 9.17) is 0 Å². The molecule has 1 aromatic carbocycles. The van der Waals surface area contributed by atoms with Crippen molar-refractivity contribution in [2.75, 3.05) is 32.1 Å². The number of nitrogens with zero attached hydrogens (tertiary/aromatic N) is 2. The standard InChI is InChI=1S/C18H24N2S/c1-19(2)9-3-10-20-11-6-16-4-5-17(14-18(16)20)15-7-12-21-13-8-15/h4-7,11,14H,3,8-10,12-13H2,1-2H3. The highest BCUT2D eigenvalue weighted by atomic mass is 32.2. The fourth-order valence-corrected chi connectivity index (χ4v) is 3.78. The quantitative estimate of drug-likeness (QED) is 0.821. The molecule has 1 aliphatic rings. The smallest absolute Gasteiger partial charge is 0.0486 e. The topological polar surface area (TPSA) is 8.17 Å². The van der Waals surface area contributed by atoms with E-state index < -0.39 is 0 Å². The van der Waals surface area contributed by atoms with Crippen LogP contribution < -0.4 is 0 Å². The molecule has 3 rings (SSSR count). The van der Waals surface area contributed by atoms with Crippen molar-refractivity contribution in [3.63, 3.8) is 0 Å². The summed E-state index contributed by atoms with van der Waals surface area (Å²) in [5.41, 5.74) is 4.32. The van der Waals surface area contributed by atoms with Crippen molar-refractivity contribution in [3.05, 3.63) is 42.1 Å². The van der Waals surface area contributed by atoms with Gasteiger partial charge in [0.15, 0.2) is 0 Å². The van der Waals surface area contributed by atoms with Crippen molar-refractivity contribution >= 4 is 28.2 Å². The van der Waals surface area contributed by atoms with Gasteiger partial charge in [0.2, 0.25) is 0 Å². The zero-order valence-electron chi connectivity index (χ0n) is 13.0. The number of hydrogen-bond acceptors (Lipinski definition) is 2. The largest absolute Gasteiger partial charge is 0.347 e. The minimum absolute atomic E-state index is 1.10. The van der Waals surface area contributed by atoms with Crippen molar-refractivity contribution in [1.29, 1.82) is 0 Å². The highest BCUT2D eigenvalue weighted by molar-refractivity contribution is 7.99. The minimum Gasteiger partial charge on any atom is -0.347 e. The predicted octanol–water partition coefficient (Wildman–Crippen LogP) is 4.11. The average Bonchev–Trinajstić information content (AvgIpc) is 2.90. The fraction of sp³-hybridized carbons (Fsp3) is 0.444. The molecule has 0 aliphatic carbocycles. The van der Waals surface area contributed by atoms with Gasteiger partial charge < -0.3 is 9.47 Å². The first-order valence-corrected chi connectivity index (χ1v) is 8.90. The third-order valence-electron chi connectivity index (χ3n) is 4.11. The maximum Gasteiger partial charge on any atom is 0.0486 e. The Labute approximate surface area is 131 Å². The summed E-state index contributed by atoms with van der Waals surface area (Å²) in [5.74, 6) is 2.42. The average molecular weight is 300 g/mol. The third-order valence-corrected chi connectivity index (χ3v) is 5.01. The molecule has 0 N–H and O–H groups in total. The fourth-order valence-electron chi connectivity index (χ4n) is 2.93. The Kier molecular flexibility index (Phi) is 4.71. The van der Waals surface area contributed by atoms with Gasteiger partial charge in [0.05, 0.1) is 0 Å². The van der Waals surface area contributed by atoms with E-state index >= 15 is 0 Å². The second-order valence-electron chi connectivity index (χ2n) is 5.99. The van der Waals surface area contributed by atoms with Gasteiger partial charge in [-0.25, -0.2) is 0 Å². The minimum atomic E-state index is 1.10. The molecule has 0 radical (unpaired) electrons. The molecule has 0 spiro atoms. The molecular weight excluding hydrogens is 276 g/mol. The van der Waals surface area contributed by atoms with Gasteiger partial charge in [-0.05, 0) is 67.9 Å². The van der Waals surface area contributed by atoms with Crippen LogP contribution in [0.4, 0.5) is 0 Å². The van der Waals surface area contributed by atoms with Crippen LogP contribution in [0.3, 0.4) is 0 Å². The summed E-state index contributed by atoms with van der Waals surface area (Å²) in [6.07, 6.45) is 7.03. The van der Waals surface area contributed by atoms with Crippen molar-refractivity contribution in [2.45, 2.75) is 19.4 Å². The van der Waals surface area contributed by atoms with Crippen LogP contribution in [0, 0.1) is 0 Å². The molecule has 2 nitrogen and oxygen atoms in total.